The average Bonchev–Trinajstić information content (AvgIpc) is 2.57. The normalized spacial score (nSPS) is 10.4. The van der Waals surface area contributed by atoms with Gasteiger partial charge in [-0.1, -0.05) is 13.8 Å². The maximum atomic E-state index is 12.9. The third kappa shape index (κ3) is 4.74. The molecule has 0 aliphatic rings. The lowest BCUT2D eigenvalue weighted by Gasteiger charge is -2.21. The number of nitrogens with zero attached hydrogens (tertiary/aromatic N) is 3. The molecule has 6 heteroatoms. The number of anilines is 2. The number of amides is 1. The quantitative estimate of drug-likeness (QED) is 0.849. The zero-order valence-electron chi connectivity index (χ0n) is 13.4. The van der Waals surface area contributed by atoms with Crippen molar-refractivity contribution in [2.45, 2.75) is 26.7 Å². The highest BCUT2D eigenvalue weighted by molar-refractivity contribution is 6.02. The van der Waals surface area contributed by atoms with Crippen LogP contribution in [-0.4, -0.2) is 29.2 Å². The molecule has 5 nitrogen and oxygen atoms in total. The topological polar surface area (TPSA) is 58.1 Å². The highest BCUT2D eigenvalue weighted by atomic mass is 19.1. The van der Waals surface area contributed by atoms with Crippen LogP contribution in [0.5, 0.6) is 0 Å². The molecule has 0 saturated carbocycles. The van der Waals surface area contributed by atoms with Crippen LogP contribution < -0.4 is 10.2 Å². The van der Waals surface area contributed by atoms with E-state index in [0.717, 1.165) is 31.7 Å². The molecule has 1 heterocycles. The van der Waals surface area contributed by atoms with Gasteiger partial charge in [-0.05, 0) is 49.2 Å². The number of halogens is 1. The Morgan fingerprint density at radius 1 is 1.04 bits per heavy atom. The van der Waals surface area contributed by atoms with Gasteiger partial charge in [0.1, 0.15) is 5.82 Å². The molecule has 23 heavy (non-hydrogen) atoms. The van der Waals surface area contributed by atoms with Crippen molar-refractivity contribution in [1.29, 1.82) is 0 Å². The van der Waals surface area contributed by atoms with Crippen molar-refractivity contribution in [3.63, 3.8) is 0 Å². The largest absolute Gasteiger partial charge is 0.355 e. The molecule has 1 aromatic heterocycles. The molecule has 1 amide bonds. The highest BCUT2D eigenvalue weighted by Crippen LogP contribution is 2.13. The summed E-state index contributed by atoms with van der Waals surface area (Å²) in [5.41, 5.74) is 0.742. The number of carbonyl (C=O) groups excluding carboxylic acids is 1. The van der Waals surface area contributed by atoms with Crippen molar-refractivity contribution >= 4 is 17.4 Å². The average molecular weight is 316 g/mol. The molecular formula is C17H21FN4O. The van der Waals surface area contributed by atoms with E-state index < -0.39 is 0 Å². The van der Waals surface area contributed by atoms with Crippen LogP contribution in [0.2, 0.25) is 0 Å². The van der Waals surface area contributed by atoms with Gasteiger partial charge in [-0.25, -0.2) is 4.39 Å². The fourth-order valence-electron chi connectivity index (χ4n) is 2.22. The van der Waals surface area contributed by atoms with Crippen LogP contribution >= 0.6 is 0 Å². The molecule has 0 saturated heterocycles. The second kappa shape index (κ2) is 8.22. The molecule has 0 atom stereocenters. The first kappa shape index (κ1) is 16.9. The van der Waals surface area contributed by atoms with E-state index in [1.54, 1.807) is 12.1 Å². The van der Waals surface area contributed by atoms with Crippen LogP contribution in [0.1, 0.15) is 37.2 Å². The minimum atomic E-state index is -0.367. The molecule has 0 fully saturated rings. The predicted molar refractivity (Wildman–Crippen MR) is 89.2 cm³/mol. The summed E-state index contributed by atoms with van der Waals surface area (Å²) in [6, 6.07) is 9.03. The second-order valence-electron chi connectivity index (χ2n) is 5.22. The monoisotopic (exact) mass is 316 g/mol. The van der Waals surface area contributed by atoms with E-state index in [1.165, 1.54) is 24.3 Å². The van der Waals surface area contributed by atoms with Crippen LogP contribution in [0.25, 0.3) is 0 Å². The van der Waals surface area contributed by atoms with Crippen molar-refractivity contribution in [2.24, 2.45) is 0 Å². The van der Waals surface area contributed by atoms with Gasteiger partial charge in [0.15, 0.2) is 11.5 Å². The summed E-state index contributed by atoms with van der Waals surface area (Å²) in [6.07, 6.45) is 2.04. The smallest absolute Gasteiger partial charge is 0.276 e. The Bertz CT molecular complexity index is 622. The van der Waals surface area contributed by atoms with Crippen molar-refractivity contribution in [1.82, 2.24) is 10.2 Å². The number of carbonyl (C=O) groups is 1. The van der Waals surface area contributed by atoms with Gasteiger partial charge in [0.2, 0.25) is 0 Å². The lowest BCUT2D eigenvalue weighted by Crippen LogP contribution is -2.26. The van der Waals surface area contributed by atoms with Gasteiger partial charge in [0.05, 0.1) is 0 Å². The minimum absolute atomic E-state index is 0.228. The van der Waals surface area contributed by atoms with Crippen molar-refractivity contribution < 1.29 is 9.18 Å². The molecule has 122 valence electrons. The van der Waals surface area contributed by atoms with Crippen molar-refractivity contribution in [3.8, 4) is 0 Å². The van der Waals surface area contributed by atoms with Gasteiger partial charge in [0, 0.05) is 18.8 Å². The first-order valence-corrected chi connectivity index (χ1v) is 7.79. The fraction of sp³-hybridized carbons (Fsp3) is 0.353. The van der Waals surface area contributed by atoms with E-state index in [-0.39, 0.29) is 17.4 Å². The molecule has 0 radical (unpaired) electrons. The summed E-state index contributed by atoms with van der Waals surface area (Å²) in [5, 5.41) is 10.8. The summed E-state index contributed by atoms with van der Waals surface area (Å²) in [7, 11) is 0. The first-order chi connectivity index (χ1) is 11.1. The zero-order chi connectivity index (χ0) is 16.7. The van der Waals surface area contributed by atoms with E-state index in [1.807, 2.05) is 0 Å². The maximum absolute atomic E-state index is 12.9. The Kier molecular flexibility index (Phi) is 6.02. The lowest BCUT2D eigenvalue weighted by molar-refractivity contribution is 0.102. The Morgan fingerprint density at radius 2 is 1.70 bits per heavy atom. The molecule has 0 spiro atoms. The van der Waals surface area contributed by atoms with Gasteiger partial charge in [-0.2, -0.15) is 0 Å². The van der Waals surface area contributed by atoms with Crippen molar-refractivity contribution in [3.05, 3.63) is 47.9 Å². The van der Waals surface area contributed by atoms with E-state index >= 15 is 0 Å². The summed E-state index contributed by atoms with van der Waals surface area (Å²) in [4.78, 5) is 14.3. The van der Waals surface area contributed by atoms with Crippen LogP contribution in [-0.2, 0) is 0 Å². The van der Waals surface area contributed by atoms with Crippen LogP contribution in [0, 0.1) is 5.82 Å². The Morgan fingerprint density at radius 3 is 2.22 bits per heavy atom. The Balaban J connectivity index is 2.05. The van der Waals surface area contributed by atoms with Crippen LogP contribution in [0.15, 0.2) is 36.4 Å². The molecule has 2 rings (SSSR count). The van der Waals surface area contributed by atoms with E-state index in [0.29, 0.717) is 5.69 Å². The van der Waals surface area contributed by atoms with Crippen LogP contribution in [0.3, 0.4) is 0 Å². The fourth-order valence-corrected chi connectivity index (χ4v) is 2.22. The minimum Gasteiger partial charge on any atom is -0.355 e. The second-order valence-corrected chi connectivity index (χ2v) is 5.22. The summed E-state index contributed by atoms with van der Waals surface area (Å²) >= 11 is 0. The predicted octanol–water partition coefficient (Wildman–Crippen LogP) is 3.49. The summed E-state index contributed by atoms with van der Waals surface area (Å²) in [6.45, 7) is 6.04. The Hall–Kier alpha value is -2.50. The van der Waals surface area contributed by atoms with Gasteiger partial charge in [-0.3, -0.25) is 4.79 Å². The third-order valence-corrected chi connectivity index (χ3v) is 3.30. The highest BCUT2D eigenvalue weighted by Gasteiger charge is 2.11. The maximum Gasteiger partial charge on any atom is 0.276 e. The standard InChI is InChI=1S/C17H21FN4O/c1-3-11-22(12-4-2)16-10-9-15(20-21-16)17(23)19-14-7-5-13(18)6-8-14/h5-10H,3-4,11-12H2,1-2H3,(H,19,23). The molecule has 0 aliphatic carbocycles. The third-order valence-electron chi connectivity index (χ3n) is 3.30. The van der Waals surface area contributed by atoms with E-state index in [2.05, 4.69) is 34.3 Å². The van der Waals surface area contributed by atoms with Crippen LogP contribution in [0.4, 0.5) is 15.9 Å². The number of rotatable bonds is 7. The zero-order valence-corrected chi connectivity index (χ0v) is 13.4. The van der Waals surface area contributed by atoms with E-state index in [4.69, 9.17) is 0 Å². The van der Waals surface area contributed by atoms with Gasteiger partial charge >= 0.3 is 0 Å². The molecule has 0 aliphatic heterocycles. The Labute approximate surface area is 135 Å². The van der Waals surface area contributed by atoms with Gasteiger partial charge in [-0.15, -0.1) is 10.2 Å². The molecule has 1 aromatic carbocycles. The molecule has 1 N–H and O–H groups in total. The lowest BCUT2D eigenvalue weighted by atomic mass is 10.3. The van der Waals surface area contributed by atoms with Gasteiger partial charge < -0.3 is 10.2 Å². The number of hydrogen-bond donors (Lipinski definition) is 1. The number of benzene rings is 1. The number of hydrogen-bond acceptors (Lipinski definition) is 4. The summed E-state index contributed by atoms with van der Waals surface area (Å²) in [5.74, 6) is 0.0549. The number of nitrogens with one attached hydrogen (secondary N) is 1. The molecule has 0 bridgehead atoms. The molecule has 2 aromatic rings. The number of aromatic nitrogens is 2. The SMILES string of the molecule is CCCN(CCC)c1ccc(C(=O)Nc2ccc(F)cc2)nn1. The summed E-state index contributed by atoms with van der Waals surface area (Å²) < 4.78 is 12.9. The van der Waals surface area contributed by atoms with Gasteiger partial charge in [0.25, 0.3) is 5.91 Å². The van der Waals surface area contributed by atoms with Crippen molar-refractivity contribution in [2.75, 3.05) is 23.3 Å². The van der Waals surface area contributed by atoms with E-state index in [9.17, 15) is 9.18 Å². The molecular weight excluding hydrogens is 295 g/mol. The first-order valence-electron chi connectivity index (χ1n) is 7.79. The molecule has 0 unspecified atom stereocenters.